The van der Waals surface area contributed by atoms with Crippen LogP contribution in [0.15, 0.2) is 24.0 Å². The van der Waals surface area contributed by atoms with E-state index in [-0.39, 0.29) is 6.10 Å². The van der Waals surface area contributed by atoms with Crippen LogP contribution in [0.3, 0.4) is 0 Å². The lowest BCUT2D eigenvalue weighted by molar-refractivity contribution is 0.151. The van der Waals surface area contributed by atoms with E-state index in [4.69, 9.17) is 4.74 Å². The van der Waals surface area contributed by atoms with Gasteiger partial charge in [0.15, 0.2) is 0 Å². The lowest BCUT2D eigenvalue weighted by Crippen LogP contribution is -2.16. The lowest BCUT2D eigenvalue weighted by Gasteiger charge is -2.15. The van der Waals surface area contributed by atoms with Crippen LogP contribution in [-0.4, -0.2) is 25.2 Å². The highest BCUT2D eigenvalue weighted by molar-refractivity contribution is 5.28. The van der Waals surface area contributed by atoms with Crippen molar-refractivity contribution in [2.24, 2.45) is 0 Å². The van der Waals surface area contributed by atoms with Gasteiger partial charge in [-0.2, -0.15) is 0 Å². The first-order valence-electron chi connectivity index (χ1n) is 3.85. The minimum Gasteiger partial charge on any atom is -0.371 e. The lowest BCUT2D eigenvalue weighted by atomic mass is 10.1. The number of hydrogen-bond donors (Lipinski definition) is 0. The second kappa shape index (κ2) is 3.09. The Morgan fingerprint density at radius 1 is 1.73 bits per heavy atom. The molecule has 0 spiro atoms. The Morgan fingerprint density at radius 3 is 2.73 bits per heavy atom. The number of nitrogens with zero attached hydrogens (tertiary/aromatic N) is 1. The first-order chi connectivity index (χ1) is 5.20. The molecule has 0 amide bonds. The molecule has 0 aromatic rings. The predicted octanol–water partition coefficient (Wildman–Crippen LogP) is 1.75. The Labute approximate surface area is 68.1 Å². The third-order valence-corrected chi connectivity index (χ3v) is 2.10. The van der Waals surface area contributed by atoms with Crippen LogP contribution in [0, 0.1) is 0 Å². The van der Waals surface area contributed by atoms with E-state index in [1.807, 2.05) is 11.9 Å². The van der Waals surface area contributed by atoms with Crippen molar-refractivity contribution in [2.45, 2.75) is 19.4 Å². The topological polar surface area (TPSA) is 12.5 Å². The quantitative estimate of drug-likeness (QED) is 0.599. The second-order valence-electron chi connectivity index (χ2n) is 2.78. The van der Waals surface area contributed by atoms with Gasteiger partial charge >= 0.3 is 0 Å². The maximum atomic E-state index is 5.29. The molecular weight excluding hydrogens is 138 g/mol. The molecule has 0 fully saturated rings. The summed E-state index contributed by atoms with van der Waals surface area (Å²) in [5.74, 6) is 0. The molecule has 2 nitrogen and oxygen atoms in total. The molecule has 1 atom stereocenters. The number of hydrogen-bond acceptors (Lipinski definition) is 2. The Hall–Kier alpha value is -0.760. The van der Waals surface area contributed by atoms with Crippen LogP contribution >= 0.6 is 0 Å². The van der Waals surface area contributed by atoms with E-state index in [1.54, 1.807) is 7.11 Å². The summed E-state index contributed by atoms with van der Waals surface area (Å²) < 4.78 is 5.29. The number of likely N-dealkylation sites (N-methyl/N-ethyl adjacent to an activating group) is 1. The summed E-state index contributed by atoms with van der Waals surface area (Å²) in [7, 11) is 3.72. The van der Waals surface area contributed by atoms with Crippen molar-refractivity contribution in [1.82, 2.24) is 4.90 Å². The molecule has 1 aliphatic heterocycles. The van der Waals surface area contributed by atoms with E-state index in [1.165, 1.54) is 5.57 Å². The van der Waals surface area contributed by atoms with Gasteiger partial charge in [-0.1, -0.05) is 13.5 Å². The smallest absolute Gasteiger partial charge is 0.119 e. The molecule has 0 saturated carbocycles. The van der Waals surface area contributed by atoms with Gasteiger partial charge in [0.25, 0.3) is 0 Å². The molecule has 0 bridgehead atoms. The zero-order valence-corrected chi connectivity index (χ0v) is 7.42. The normalized spacial score (nSPS) is 24.3. The van der Waals surface area contributed by atoms with Crippen LogP contribution in [0.25, 0.3) is 0 Å². The Balaban J connectivity index is 2.78. The molecule has 1 aliphatic rings. The summed E-state index contributed by atoms with van der Waals surface area (Å²) in [6.07, 6.45) is 3.24. The van der Waals surface area contributed by atoms with Gasteiger partial charge in [0.05, 0.1) is 0 Å². The minimum atomic E-state index is 0.116. The Kier molecular flexibility index (Phi) is 2.35. The molecule has 62 valence electrons. The van der Waals surface area contributed by atoms with E-state index in [0.29, 0.717) is 0 Å². The van der Waals surface area contributed by atoms with Gasteiger partial charge in [-0.3, -0.25) is 0 Å². The predicted molar refractivity (Wildman–Crippen MR) is 46.1 cm³/mol. The van der Waals surface area contributed by atoms with E-state index in [0.717, 1.165) is 12.1 Å². The van der Waals surface area contributed by atoms with Gasteiger partial charge in [-0.25, -0.2) is 0 Å². The van der Waals surface area contributed by atoms with Crippen LogP contribution in [0.1, 0.15) is 13.3 Å². The Bertz CT molecular complexity index is 196. The summed E-state index contributed by atoms with van der Waals surface area (Å²) in [4.78, 5) is 2.02. The standard InChI is InChI=1S/C9H15NO/c1-5-8-6-10(3)7(2)9(8)11-4/h6,9H,2,5H2,1,3-4H3. The zero-order chi connectivity index (χ0) is 8.43. The van der Waals surface area contributed by atoms with Gasteiger partial charge < -0.3 is 9.64 Å². The van der Waals surface area contributed by atoms with Crippen molar-refractivity contribution in [2.75, 3.05) is 14.2 Å². The fourth-order valence-electron chi connectivity index (χ4n) is 1.36. The van der Waals surface area contributed by atoms with Gasteiger partial charge in [0, 0.05) is 26.1 Å². The molecule has 2 heteroatoms. The molecule has 0 aromatic heterocycles. The van der Waals surface area contributed by atoms with E-state index in [2.05, 4.69) is 19.7 Å². The number of methoxy groups -OCH3 is 1. The molecule has 0 N–H and O–H groups in total. The highest BCUT2D eigenvalue weighted by Crippen LogP contribution is 2.26. The molecule has 0 aliphatic carbocycles. The first kappa shape index (κ1) is 8.34. The second-order valence-corrected chi connectivity index (χ2v) is 2.78. The summed E-state index contributed by atoms with van der Waals surface area (Å²) >= 11 is 0. The van der Waals surface area contributed by atoms with Crippen LogP contribution in [-0.2, 0) is 4.74 Å². The van der Waals surface area contributed by atoms with Gasteiger partial charge in [-0.05, 0) is 12.0 Å². The SMILES string of the molecule is C=C1C(OC)C(CC)=CN1C. The summed E-state index contributed by atoms with van der Waals surface area (Å²) in [5, 5.41) is 0. The fraction of sp³-hybridized carbons (Fsp3) is 0.556. The van der Waals surface area contributed by atoms with Crippen LogP contribution in [0.4, 0.5) is 0 Å². The van der Waals surface area contributed by atoms with Crippen molar-refractivity contribution < 1.29 is 4.74 Å². The molecule has 0 aromatic carbocycles. The summed E-state index contributed by atoms with van der Waals surface area (Å²) in [5.41, 5.74) is 2.34. The van der Waals surface area contributed by atoms with Gasteiger partial charge in [-0.15, -0.1) is 0 Å². The maximum absolute atomic E-state index is 5.29. The molecule has 1 heterocycles. The van der Waals surface area contributed by atoms with Crippen molar-refractivity contribution in [3.63, 3.8) is 0 Å². The average molecular weight is 153 g/mol. The van der Waals surface area contributed by atoms with Crippen LogP contribution in [0.2, 0.25) is 0 Å². The largest absolute Gasteiger partial charge is 0.371 e. The number of ether oxygens (including phenoxy) is 1. The van der Waals surface area contributed by atoms with E-state index < -0.39 is 0 Å². The first-order valence-corrected chi connectivity index (χ1v) is 3.85. The third kappa shape index (κ3) is 1.31. The molecular formula is C9H15NO. The number of rotatable bonds is 2. The zero-order valence-electron chi connectivity index (χ0n) is 7.42. The summed E-state index contributed by atoms with van der Waals surface area (Å²) in [6.45, 7) is 6.06. The van der Waals surface area contributed by atoms with Crippen molar-refractivity contribution in [3.8, 4) is 0 Å². The van der Waals surface area contributed by atoms with Crippen molar-refractivity contribution >= 4 is 0 Å². The molecule has 1 rings (SSSR count). The minimum absolute atomic E-state index is 0.116. The molecule has 11 heavy (non-hydrogen) atoms. The maximum Gasteiger partial charge on any atom is 0.119 e. The highest BCUT2D eigenvalue weighted by atomic mass is 16.5. The van der Waals surface area contributed by atoms with Gasteiger partial charge in [0.1, 0.15) is 6.10 Å². The van der Waals surface area contributed by atoms with Crippen molar-refractivity contribution in [3.05, 3.63) is 24.0 Å². The average Bonchev–Trinajstić information content (AvgIpc) is 2.28. The summed E-state index contributed by atoms with van der Waals surface area (Å²) in [6, 6.07) is 0. The fourth-order valence-corrected chi connectivity index (χ4v) is 1.36. The third-order valence-electron chi connectivity index (χ3n) is 2.10. The molecule has 0 radical (unpaired) electrons. The van der Waals surface area contributed by atoms with E-state index >= 15 is 0 Å². The molecule has 0 saturated heterocycles. The van der Waals surface area contributed by atoms with Crippen molar-refractivity contribution in [1.29, 1.82) is 0 Å². The monoisotopic (exact) mass is 153 g/mol. The highest BCUT2D eigenvalue weighted by Gasteiger charge is 2.24. The van der Waals surface area contributed by atoms with E-state index in [9.17, 15) is 0 Å². The van der Waals surface area contributed by atoms with Crippen LogP contribution in [0.5, 0.6) is 0 Å². The van der Waals surface area contributed by atoms with Gasteiger partial charge in [0.2, 0.25) is 0 Å². The molecule has 1 unspecified atom stereocenters. The Morgan fingerprint density at radius 2 is 2.36 bits per heavy atom. The van der Waals surface area contributed by atoms with Crippen LogP contribution < -0.4 is 0 Å².